The summed E-state index contributed by atoms with van der Waals surface area (Å²) in [7, 11) is 0. The predicted molar refractivity (Wildman–Crippen MR) is 103 cm³/mol. The van der Waals surface area contributed by atoms with Crippen LogP contribution in [0.1, 0.15) is 5.56 Å². The van der Waals surface area contributed by atoms with Gasteiger partial charge in [0.1, 0.15) is 5.58 Å². The number of alkyl halides is 3. The number of halogens is 3. The van der Waals surface area contributed by atoms with Gasteiger partial charge in [0, 0.05) is 10.5 Å². The third-order valence-corrected chi connectivity index (χ3v) is 4.54. The lowest BCUT2D eigenvalue weighted by Crippen LogP contribution is -2.08. The molecule has 0 N–H and O–H groups in total. The Labute approximate surface area is 162 Å². The Hall–Kier alpha value is -3.06. The maximum atomic E-state index is 12.7. The first-order valence-corrected chi connectivity index (χ1v) is 8.68. The molecule has 0 unspecified atom stereocenters. The van der Waals surface area contributed by atoms with Crippen LogP contribution in [0.3, 0.4) is 0 Å². The average molecular weight is 399 g/mol. The lowest BCUT2D eigenvalue weighted by molar-refractivity contribution is -0.137. The minimum atomic E-state index is -4.43. The van der Waals surface area contributed by atoms with Gasteiger partial charge in [0.15, 0.2) is 0 Å². The molecule has 3 aromatic carbocycles. The third-order valence-electron chi connectivity index (χ3n) is 4.26. The molecule has 0 saturated carbocycles. The van der Waals surface area contributed by atoms with Crippen molar-refractivity contribution in [3.05, 3.63) is 82.6 Å². The Morgan fingerprint density at radius 3 is 2.21 bits per heavy atom. The number of fused-ring (bicyclic) bond motifs is 1. The van der Waals surface area contributed by atoms with Crippen LogP contribution in [-0.4, -0.2) is 4.98 Å². The van der Waals surface area contributed by atoms with E-state index in [1.165, 1.54) is 12.1 Å². The van der Waals surface area contributed by atoms with Gasteiger partial charge in [0.25, 0.3) is 5.56 Å². The second-order valence-electron chi connectivity index (χ2n) is 6.16. The molecule has 0 aliphatic carbocycles. The number of hydrogen-bond acceptors (Lipinski definition) is 4. The summed E-state index contributed by atoms with van der Waals surface area (Å²) in [5.41, 5.74) is 0.996. The van der Waals surface area contributed by atoms with Gasteiger partial charge in [-0.2, -0.15) is 18.2 Å². The molecular weight excluding hydrogens is 387 g/mol. The van der Waals surface area contributed by atoms with E-state index in [4.69, 9.17) is 4.42 Å². The molecule has 4 rings (SSSR count). The molecular formula is C21H12F3NO2S. The van der Waals surface area contributed by atoms with Crippen molar-refractivity contribution >= 4 is 23.6 Å². The smallest absolute Gasteiger partial charge is 0.416 e. The van der Waals surface area contributed by atoms with E-state index in [1.54, 1.807) is 18.2 Å². The molecule has 3 nitrogen and oxygen atoms in total. The van der Waals surface area contributed by atoms with Gasteiger partial charge in [0.05, 0.1) is 10.9 Å². The topological polar surface area (TPSA) is 43.1 Å². The van der Waals surface area contributed by atoms with Gasteiger partial charge in [-0.15, -0.1) is 12.6 Å². The summed E-state index contributed by atoms with van der Waals surface area (Å²) >= 11 is 4.31. The fourth-order valence-corrected chi connectivity index (χ4v) is 3.08. The zero-order chi connectivity index (χ0) is 19.9. The lowest BCUT2D eigenvalue weighted by Gasteiger charge is -2.08. The monoisotopic (exact) mass is 399 g/mol. The predicted octanol–water partition coefficient (Wildman–Crippen LogP) is 5.83. The molecule has 0 bridgehead atoms. The summed E-state index contributed by atoms with van der Waals surface area (Å²) in [6.45, 7) is 0. The Morgan fingerprint density at radius 1 is 0.857 bits per heavy atom. The third kappa shape index (κ3) is 3.53. The van der Waals surface area contributed by atoms with Crippen molar-refractivity contribution in [1.82, 2.24) is 4.98 Å². The van der Waals surface area contributed by atoms with Crippen molar-refractivity contribution < 1.29 is 17.6 Å². The Morgan fingerprint density at radius 2 is 1.54 bits per heavy atom. The van der Waals surface area contributed by atoms with E-state index in [9.17, 15) is 18.0 Å². The number of nitrogens with zero attached hydrogens (tertiary/aromatic N) is 1. The molecule has 0 atom stereocenters. The van der Waals surface area contributed by atoms with Gasteiger partial charge in [-0.25, -0.2) is 0 Å². The molecule has 7 heteroatoms. The van der Waals surface area contributed by atoms with Crippen LogP contribution in [-0.2, 0) is 6.18 Å². The van der Waals surface area contributed by atoms with Crippen molar-refractivity contribution in [1.29, 1.82) is 0 Å². The Kier molecular flexibility index (Phi) is 4.47. The van der Waals surface area contributed by atoms with Gasteiger partial charge >= 0.3 is 6.18 Å². The maximum Gasteiger partial charge on any atom is 0.416 e. The van der Waals surface area contributed by atoms with E-state index in [1.807, 2.05) is 24.3 Å². The molecule has 28 heavy (non-hydrogen) atoms. The highest BCUT2D eigenvalue weighted by Gasteiger charge is 2.30. The zero-order valence-corrected chi connectivity index (χ0v) is 15.1. The van der Waals surface area contributed by atoms with Crippen molar-refractivity contribution in [3.8, 4) is 22.6 Å². The second-order valence-corrected chi connectivity index (χ2v) is 6.68. The summed E-state index contributed by atoms with van der Waals surface area (Å²) < 4.78 is 43.8. The standard InChI is InChI=1S/C21H12F3NO2S/c22-21(23,24)15-7-4-12(5-8-15)20-25-19(26)17-11-14(6-9-18(17)27-20)13-2-1-3-16(28)10-13/h1-11,28H. The Bertz CT molecular complexity index is 1230. The van der Waals surface area contributed by atoms with Crippen molar-refractivity contribution in [2.75, 3.05) is 0 Å². The molecule has 0 saturated heterocycles. The van der Waals surface area contributed by atoms with E-state index in [0.29, 0.717) is 11.1 Å². The summed E-state index contributed by atoms with van der Waals surface area (Å²) in [5.74, 6) is -0.0312. The van der Waals surface area contributed by atoms with Gasteiger partial charge < -0.3 is 4.42 Å². The quantitative estimate of drug-likeness (QED) is 0.431. The molecule has 0 aliphatic heterocycles. The number of rotatable bonds is 2. The van der Waals surface area contributed by atoms with E-state index < -0.39 is 17.3 Å². The van der Waals surface area contributed by atoms with E-state index in [2.05, 4.69) is 17.6 Å². The Balaban J connectivity index is 1.77. The highest BCUT2D eigenvalue weighted by molar-refractivity contribution is 7.80. The van der Waals surface area contributed by atoms with Crippen LogP contribution in [0.15, 0.2) is 80.8 Å². The average Bonchev–Trinajstić information content (AvgIpc) is 2.67. The molecule has 0 fully saturated rings. The minimum absolute atomic E-state index is 0.0312. The maximum absolute atomic E-state index is 12.7. The molecule has 4 aromatic rings. The van der Waals surface area contributed by atoms with Crippen LogP contribution in [0.25, 0.3) is 33.6 Å². The zero-order valence-electron chi connectivity index (χ0n) is 14.2. The van der Waals surface area contributed by atoms with Gasteiger partial charge in [-0.3, -0.25) is 4.79 Å². The highest BCUT2D eigenvalue weighted by Crippen LogP contribution is 2.31. The van der Waals surface area contributed by atoms with Crippen LogP contribution in [0.2, 0.25) is 0 Å². The van der Waals surface area contributed by atoms with E-state index >= 15 is 0 Å². The largest absolute Gasteiger partial charge is 0.437 e. The minimum Gasteiger partial charge on any atom is -0.437 e. The first kappa shape index (κ1) is 18.3. The normalized spacial score (nSPS) is 11.7. The van der Waals surface area contributed by atoms with Crippen LogP contribution < -0.4 is 5.56 Å². The van der Waals surface area contributed by atoms with Crippen LogP contribution in [0, 0.1) is 0 Å². The number of aromatic nitrogens is 1. The molecule has 1 aromatic heterocycles. The van der Waals surface area contributed by atoms with Crippen LogP contribution >= 0.6 is 12.6 Å². The fourth-order valence-electron chi connectivity index (χ4n) is 2.86. The number of benzene rings is 3. The SMILES string of the molecule is O=c1nc(-c2ccc(C(F)(F)F)cc2)oc2ccc(-c3cccc(S)c3)cc12. The highest BCUT2D eigenvalue weighted by atomic mass is 32.1. The lowest BCUT2D eigenvalue weighted by atomic mass is 10.0. The number of hydrogen-bond donors (Lipinski definition) is 1. The van der Waals surface area contributed by atoms with Crippen molar-refractivity contribution in [3.63, 3.8) is 0 Å². The van der Waals surface area contributed by atoms with Crippen LogP contribution in [0.5, 0.6) is 0 Å². The molecule has 0 spiro atoms. The first-order valence-electron chi connectivity index (χ1n) is 8.23. The summed E-state index contributed by atoms with van der Waals surface area (Å²) in [5, 5.41) is 0.290. The van der Waals surface area contributed by atoms with Gasteiger partial charge in [-0.05, 0) is 59.7 Å². The molecule has 0 aliphatic rings. The fraction of sp³-hybridized carbons (Fsp3) is 0.0476. The van der Waals surface area contributed by atoms with Crippen molar-refractivity contribution in [2.45, 2.75) is 11.1 Å². The molecule has 140 valence electrons. The van der Waals surface area contributed by atoms with Gasteiger partial charge in [-0.1, -0.05) is 18.2 Å². The first-order chi connectivity index (χ1) is 13.3. The van der Waals surface area contributed by atoms with E-state index in [0.717, 1.165) is 28.2 Å². The molecule has 1 heterocycles. The van der Waals surface area contributed by atoms with Crippen molar-refractivity contribution in [2.24, 2.45) is 0 Å². The summed E-state index contributed by atoms with van der Waals surface area (Å²) in [6.07, 6.45) is -4.43. The molecule has 0 amide bonds. The van der Waals surface area contributed by atoms with E-state index in [-0.39, 0.29) is 11.3 Å². The van der Waals surface area contributed by atoms with Crippen LogP contribution in [0.4, 0.5) is 13.2 Å². The second kappa shape index (κ2) is 6.83. The summed E-state index contributed by atoms with van der Waals surface area (Å²) in [4.78, 5) is 17.2. The number of thiol groups is 1. The van der Waals surface area contributed by atoms with Gasteiger partial charge in [0.2, 0.25) is 5.89 Å². The summed E-state index contributed by atoms with van der Waals surface area (Å²) in [6, 6.07) is 16.9. The molecule has 0 radical (unpaired) electrons.